The molecule has 2 N–H and O–H groups in total. The van der Waals surface area contributed by atoms with E-state index in [1.54, 1.807) is 11.0 Å². The van der Waals surface area contributed by atoms with Gasteiger partial charge in [-0.05, 0) is 25.2 Å². The molecular weight excluding hydrogens is 466 g/mol. The summed E-state index contributed by atoms with van der Waals surface area (Å²) < 4.78 is 12.0. The minimum atomic E-state index is -1.21. The van der Waals surface area contributed by atoms with Crippen molar-refractivity contribution >= 4 is 17.8 Å². The van der Waals surface area contributed by atoms with E-state index in [9.17, 15) is 24.6 Å². The molecule has 2 unspecified atom stereocenters. The molecule has 2 amide bonds. The molecular formula is C26H41N3O7. The van der Waals surface area contributed by atoms with Gasteiger partial charge in [0.1, 0.15) is 17.6 Å². The Labute approximate surface area is 213 Å². The average Bonchev–Trinajstić information content (AvgIpc) is 3.46. The second kappa shape index (κ2) is 10.4. The number of carbonyl (C=O) groups excluding carboxylic acids is 2. The Balaban J connectivity index is 1.72. The van der Waals surface area contributed by atoms with Crippen LogP contribution in [0, 0.1) is 17.8 Å². The number of morpholine rings is 1. The van der Waals surface area contributed by atoms with E-state index in [2.05, 4.69) is 11.5 Å². The van der Waals surface area contributed by atoms with Gasteiger partial charge in [-0.3, -0.25) is 19.3 Å². The van der Waals surface area contributed by atoms with Gasteiger partial charge < -0.3 is 29.5 Å². The van der Waals surface area contributed by atoms with Crippen LogP contribution in [0.1, 0.15) is 40.0 Å². The first-order chi connectivity index (χ1) is 17.2. The minimum absolute atomic E-state index is 0.133. The fourth-order valence-corrected chi connectivity index (χ4v) is 7.00. The van der Waals surface area contributed by atoms with Crippen LogP contribution in [0.5, 0.6) is 0 Å². The number of fused-ring (bicyclic) bond motifs is 1. The van der Waals surface area contributed by atoms with Gasteiger partial charge in [-0.15, -0.1) is 6.58 Å². The Morgan fingerprint density at radius 2 is 1.97 bits per heavy atom. The number of carboxylic acids is 1. The third kappa shape index (κ3) is 4.15. The van der Waals surface area contributed by atoms with E-state index in [0.29, 0.717) is 52.1 Å². The highest BCUT2D eigenvalue weighted by Gasteiger charge is 2.79. The van der Waals surface area contributed by atoms with Crippen molar-refractivity contribution < 1.29 is 34.1 Å². The maximum atomic E-state index is 14.3. The van der Waals surface area contributed by atoms with E-state index >= 15 is 0 Å². The summed E-state index contributed by atoms with van der Waals surface area (Å²) in [6, 6.07) is -1.61. The van der Waals surface area contributed by atoms with Gasteiger partial charge in [0.05, 0.1) is 37.4 Å². The summed E-state index contributed by atoms with van der Waals surface area (Å²) >= 11 is 0. The van der Waals surface area contributed by atoms with Gasteiger partial charge in [-0.25, -0.2) is 0 Å². The molecule has 4 heterocycles. The lowest BCUT2D eigenvalue weighted by atomic mass is 9.65. The van der Waals surface area contributed by atoms with Crippen molar-refractivity contribution in [1.29, 1.82) is 0 Å². The zero-order valence-electron chi connectivity index (χ0n) is 21.7. The molecule has 4 aliphatic rings. The molecule has 0 aliphatic carbocycles. The van der Waals surface area contributed by atoms with E-state index in [-0.39, 0.29) is 18.4 Å². The Hall–Kier alpha value is -2.01. The second-order valence-corrected chi connectivity index (χ2v) is 10.9. The molecule has 4 rings (SSSR count). The quantitative estimate of drug-likeness (QED) is 0.390. The van der Waals surface area contributed by atoms with Crippen molar-refractivity contribution in [2.24, 2.45) is 17.8 Å². The number of aliphatic hydroxyl groups excluding tert-OH is 1. The van der Waals surface area contributed by atoms with Gasteiger partial charge in [-0.1, -0.05) is 26.8 Å². The van der Waals surface area contributed by atoms with Crippen LogP contribution in [-0.4, -0.2) is 119 Å². The number of hydrogen-bond acceptors (Lipinski definition) is 7. The molecule has 0 aromatic carbocycles. The number of ether oxygens (including phenoxy) is 2. The third-order valence-electron chi connectivity index (χ3n) is 8.88. The van der Waals surface area contributed by atoms with Crippen molar-refractivity contribution in [2.45, 2.75) is 63.3 Å². The van der Waals surface area contributed by atoms with Crippen LogP contribution in [-0.2, 0) is 23.9 Å². The average molecular weight is 508 g/mol. The van der Waals surface area contributed by atoms with Crippen molar-refractivity contribution in [1.82, 2.24) is 14.7 Å². The first kappa shape index (κ1) is 27.0. The lowest BCUT2D eigenvalue weighted by molar-refractivity contribution is -0.161. The minimum Gasteiger partial charge on any atom is -0.481 e. The Bertz CT molecular complexity index is 876. The van der Waals surface area contributed by atoms with Gasteiger partial charge in [0.25, 0.3) is 0 Å². The van der Waals surface area contributed by atoms with Gasteiger partial charge in [0, 0.05) is 32.7 Å². The highest BCUT2D eigenvalue weighted by Crippen LogP contribution is 2.64. The van der Waals surface area contributed by atoms with Crippen LogP contribution in [0.15, 0.2) is 12.7 Å². The van der Waals surface area contributed by atoms with Crippen LogP contribution in [0.2, 0.25) is 0 Å². The molecule has 4 saturated heterocycles. The number of aliphatic carboxylic acids is 1. The smallest absolute Gasteiger partial charge is 0.310 e. The van der Waals surface area contributed by atoms with E-state index in [4.69, 9.17) is 9.47 Å². The molecule has 0 radical (unpaired) electrons. The van der Waals surface area contributed by atoms with Gasteiger partial charge in [0.15, 0.2) is 0 Å². The molecule has 36 heavy (non-hydrogen) atoms. The number of rotatable bonds is 11. The number of aliphatic hydroxyl groups is 1. The zero-order valence-corrected chi connectivity index (χ0v) is 21.7. The fourth-order valence-electron chi connectivity index (χ4n) is 7.00. The lowest BCUT2D eigenvalue weighted by Gasteiger charge is -2.41. The van der Waals surface area contributed by atoms with Crippen molar-refractivity contribution in [3.63, 3.8) is 0 Å². The molecule has 10 heteroatoms. The largest absolute Gasteiger partial charge is 0.481 e. The van der Waals surface area contributed by atoms with Crippen LogP contribution >= 0.6 is 0 Å². The predicted molar refractivity (Wildman–Crippen MR) is 131 cm³/mol. The third-order valence-corrected chi connectivity index (χ3v) is 8.88. The van der Waals surface area contributed by atoms with Crippen molar-refractivity contribution in [3.8, 4) is 0 Å². The number of amides is 2. The zero-order chi connectivity index (χ0) is 26.3. The van der Waals surface area contributed by atoms with Gasteiger partial charge in [-0.2, -0.15) is 0 Å². The van der Waals surface area contributed by atoms with Crippen LogP contribution in [0.25, 0.3) is 0 Å². The number of nitrogens with zero attached hydrogens (tertiary/aromatic N) is 3. The highest BCUT2D eigenvalue weighted by molar-refractivity contribution is 5.98. The summed E-state index contributed by atoms with van der Waals surface area (Å²) in [6.45, 7) is 13.5. The monoisotopic (exact) mass is 507 g/mol. The summed E-state index contributed by atoms with van der Waals surface area (Å²) in [5.41, 5.74) is -2.17. The van der Waals surface area contributed by atoms with E-state index < -0.39 is 47.0 Å². The first-order valence-corrected chi connectivity index (χ1v) is 13.2. The first-order valence-electron chi connectivity index (χ1n) is 13.2. The fraction of sp³-hybridized carbons (Fsp3) is 0.808. The molecule has 202 valence electrons. The number of likely N-dealkylation sites (tertiary alicyclic amines) is 1. The standard InChI is InChI=1S/C26H41N3O7/c1-5-9-28(11-10-27-12-14-35-15-13-27)23(32)21-26-8-7-25(6-2,36-26)20(24(33)34)19(26)22(31)29(21)18(16-30)17(3)4/h5,17-21,30H,1,6-16H2,2-4H3,(H,33,34)/t18-,19-,20-,21?,25+,26?/m0/s1. The van der Waals surface area contributed by atoms with Crippen LogP contribution in [0.4, 0.5) is 0 Å². The van der Waals surface area contributed by atoms with E-state index in [0.717, 1.165) is 13.1 Å². The number of carboxylic acid groups (broad SMARTS) is 1. The SMILES string of the molecule is C=CCN(CCN1CCOCC1)C(=O)C1N([C@@H](CO)C(C)C)C(=O)[C@@H]2[C@@H](C(=O)O)[C@@]3(CC)CCC12O3. The van der Waals surface area contributed by atoms with E-state index in [1.807, 2.05) is 20.8 Å². The number of carbonyl (C=O) groups is 3. The van der Waals surface area contributed by atoms with Crippen molar-refractivity contribution in [3.05, 3.63) is 12.7 Å². The molecule has 0 saturated carbocycles. The van der Waals surface area contributed by atoms with Crippen molar-refractivity contribution in [2.75, 3.05) is 52.5 Å². The topological polar surface area (TPSA) is 120 Å². The normalized spacial score (nSPS) is 34.8. The Morgan fingerprint density at radius 3 is 2.53 bits per heavy atom. The lowest BCUT2D eigenvalue weighted by Crippen LogP contribution is -2.60. The molecule has 2 bridgehead atoms. The molecule has 10 nitrogen and oxygen atoms in total. The maximum absolute atomic E-state index is 14.3. The summed E-state index contributed by atoms with van der Waals surface area (Å²) in [5, 5.41) is 20.5. The maximum Gasteiger partial charge on any atom is 0.310 e. The predicted octanol–water partition coefficient (Wildman–Crippen LogP) is 0.590. The molecule has 0 aromatic rings. The van der Waals surface area contributed by atoms with E-state index in [1.165, 1.54) is 4.90 Å². The second-order valence-electron chi connectivity index (χ2n) is 10.9. The summed E-state index contributed by atoms with van der Waals surface area (Å²) in [7, 11) is 0. The molecule has 1 spiro atoms. The van der Waals surface area contributed by atoms with Gasteiger partial charge in [0.2, 0.25) is 11.8 Å². The van der Waals surface area contributed by atoms with Gasteiger partial charge >= 0.3 is 5.97 Å². The molecule has 4 fully saturated rings. The molecule has 6 atom stereocenters. The van der Waals surface area contributed by atoms with Crippen LogP contribution in [0.3, 0.4) is 0 Å². The highest BCUT2D eigenvalue weighted by atomic mass is 16.5. The molecule has 4 aliphatic heterocycles. The number of hydrogen-bond donors (Lipinski definition) is 2. The summed E-state index contributed by atoms with van der Waals surface area (Å²) in [6.07, 6.45) is 3.05. The molecule has 0 aromatic heterocycles. The van der Waals surface area contributed by atoms with Crippen LogP contribution < -0.4 is 0 Å². The Kier molecular flexibility index (Phi) is 7.81. The summed E-state index contributed by atoms with van der Waals surface area (Å²) in [5.74, 6) is -3.82. The Morgan fingerprint density at radius 1 is 1.28 bits per heavy atom. The summed E-state index contributed by atoms with van der Waals surface area (Å²) in [4.78, 5) is 46.2.